The zero-order chi connectivity index (χ0) is 14.2. The average Bonchev–Trinajstić information content (AvgIpc) is 2.35. The van der Waals surface area contributed by atoms with Crippen LogP contribution in [0.25, 0.3) is 0 Å². The third kappa shape index (κ3) is 5.03. The molecule has 0 saturated heterocycles. The molecule has 0 aliphatic carbocycles. The van der Waals surface area contributed by atoms with E-state index >= 15 is 0 Å². The van der Waals surface area contributed by atoms with Crippen molar-refractivity contribution in [3.63, 3.8) is 0 Å². The Morgan fingerprint density at radius 1 is 1.28 bits per heavy atom. The molecule has 5 nitrogen and oxygen atoms in total. The van der Waals surface area contributed by atoms with Crippen molar-refractivity contribution in [2.24, 2.45) is 0 Å². The third-order valence-electron chi connectivity index (χ3n) is 2.19. The summed E-state index contributed by atoms with van der Waals surface area (Å²) in [7, 11) is 0. The summed E-state index contributed by atoms with van der Waals surface area (Å²) >= 11 is 7.76. The standard InChI is InChI=1S/C10H20FN3O2S2/c1-3-12-7(5-17)8(15)14-10(11,6-18)9(16)13-4-2/h7,12,17-18H,3-6H2,1-2H3,(H,13,16)(H,14,15)/t7-,10-/m0/s1. The number of hydrogen-bond acceptors (Lipinski definition) is 5. The van der Waals surface area contributed by atoms with Gasteiger partial charge in [-0.1, -0.05) is 6.92 Å². The van der Waals surface area contributed by atoms with Gasteiger partial charge in [-0.15, -0.1) is 0 Å². The lowest BCUT2D eigenvalue weighted by Crippen LogP contribution is -2.61. The first-order chi connectivity index (χ1) is 8.45. The molecule has 0 aromatic rings. The first-order valence-corrected chi connectivity index (χ1v) is 6.96. The molecule has 18 heavy (non-hydrogen) atoms. The topological polar surface area (TPSA) is 70.2 Å². The lowest BCUT2D eigenvalue weighted by molar-refractivity contribution is -0.140. The van der Waals surface area contributed by atoms with E-state index in [-0.39, 0.29) is 12.3 Å². The van der Waals surface area contributed by atoms with Crippen LogP contribution in [0.4, 0.5) is 4.39 Å². The number of halogens is 1. The fourth-order valence-corrected chi connectivity index (χ4v) is 1.76. The molecule has 0 aromatic carbocycles. The van der Waals surface area contributed by atoms with Crippen LogP contribution in [-0.2, 0) is 9.59 Å². The molecule has 0 saturated carbocycles. The monoisotopic (exact) mass is 297 g/mol. The highest BCUT2D eigenvalue weighted by Gasteiger charge is 2.39. The molecular formula is C10H20FN3O2S2. The molecule has 0 spiro atoms. The second-order valence-electron chi connectivity index (χ2n) is 3.60. The molecule has 0 aliphatic rings. The normalized spacial score (nSPS) is 15.6. The van der Waals surface area contributed by atoms with Crippen molar-refractivity contribution in [3.05, 3.63) is 0 Å². The smallest absolute Gasteiger partial charge is 0.279 e. The maximum Gasteiger partial charge on any atom is 0.279 e. The summed E-state index contributed by atoms with van der Waals surface area (Å²) in [6.07, 6.45) is 0. The number of rotatable bonds is 8. The van der Waals surface area contributed by atoms with Crippen LogP contribution < -0.4 is 16.0 Å². The van der Waals surface area contributed by atoms with E-state index < -0.39 is 29.4 Å². The number of nitrogens with one attached hydrogen (secondary N) is 3. The Morgan fingerprint density at radius 3 is 2.28 bits per heavy atom. The lowest BCUT2D eigenvalue weighted by atomic mass is 10.2. The Balaban J connectivity index is 4.69. The van der Waals surface area contributed by atoms with Crippen LogP contribution in [0, 0.1) is 0 Å². The number of alkyl halides is 1. The fourth-order valence-electron chi connectivity index (χ4n) is 1.24. The van der Waals surface area contributed by atoms with E-state index in [4.69, 9.17) is 0 Å². The van der Waals surface area contributed by atoms with Gasteiger partial charge in [0.1, 0.15) is 0 Å². The Bertz CT molecular complexity index is 294. The second kappa shape index (κ2) is 8.60. The van der Waals surface area contributed by atoms with Gasteiger partial charge >= 0.3 is 0 Å². The number of carbonyl (C=O) groups is 2. The summed E-state index contributed by atoms with van der Waals surface area (Å²) in [6, 6.07) is -0.650. The van der Waals surface area contributed by atoms with Crippen molar-refractivity contribution >= 4 is 37.1 Å². The molecule has 8 heteroatoms. The van der Waals surface area contributed by atoms with Gasteiger partial charge in [0.05, 0.1) is 11.8 Å². The number of hydrogen-bond donors (Lipinski definition) is 5. The van der Waals surface area contributed by atoms with Crippen molar-refractivity contribution in [3.8, 4) is 0 Å². The molecule has 0 aromatic heterocycles. The minimum Gasteiger partial charge on any atom is -0.352 e. The van der Waals surface area contributed by atoms with Crippen LogP contribution in [0.1, 0.15) is 13.8 Å². The van der Waals surface area contributed by atoms with E-state index in [1.54, 1.807) is 6.92 Å². The summed E-state index contributed by atoms with van der Waals surface area (Å²) < 4.78 is 14.2. The van der Waals surface area contributed by atoms with Gasteiger partial charge in [0.15, 0.2) is 0 Å². The first kappa shape index (κ1) is 17.5. The summed E-state index contributed by atoms with van der Waals surface area (Å²) in [5.41, 5.74) is 0. The molecule has 2 amide bonds. The molecule has 0 radical (unpaired) electrons. The largest absolute Gasteiger partial charge is 0.352 e. The van der Waals surface area contributed by atoms with Gasteiger partial charge in [0.25, 0.3) is 11.7 Å². The number of carbonyl (C=O) groups excluding carboxylic acids is 2. The highest BCUT2D eigenvalue weighted by Crippen LogP contribution is 2.10. The Hall–Kier alpha value is -0.470. The number of thiol groups is 2. The second-order valence-corrected chi connectivity index (χ2v) is 4.28. The van der Waals surface area contributed by atoms with Crippen molar-refractivity contribution in [1.82, 2.24) is 16.0 Å². The van der Waals surface area contributed by atoms with Gasteiger partial charge in [-0.25, -0.2) is 4.39 Å². The zero-order valence-electron chi connectivity index (χ0n) is 10.5. The van der Waals surface area contributed by atoms with Crippen LogP contribution >= 0.6 is 25.3 Å². The molecule has 0 bridgehead atoms. The van der Waals surface area contributed by atoms with Gasteiger partial charge in [-0.3, -0.25) is 9.59 Å². The molecule has 0 fully saturated rings. The number of likely N-dealkylation sites (N-methyl/N-ethyl adjacent to an activating group) is 2. The van der Waals surface area contributed by atoms with Crippen molar-refractivity contribution < 1.29 is 14.0 Å². The summed E-state index contributed by atoms with van der Waals surface area (Å²) in [5, 5.41) is 7.21. The van der Waals surface area contributed by atoms with Crippen LogP contribution in [-0.4, -0.2) is 48.2 Å². The van der Waals surface area contributed by atoms with E-state index in [0.29, 0.717) is 6.54 Å². The molecule has 0 aliphatic heterocycles. The highest BCUT2D eigenvalue weighted by molar-refractivity contribution is 7.80. The molecule has 106 valence electrons. The molecule has 3 N–H and O–H groups in total. The van der Waals surface area contributed by atoms with Gasteiger partial charge in [-0.2, -0.15) is 25.3 Å². The Kier molecular flexibility index (Phi) is 8.38. The molecule has 0 rings (SSSR count). The maximum atomic E-state index is 14.2. The Morgan fingerprint density at radius 2 is 1.89 bits per heavy atom. The fraction of sp³-hybridized carbons (Fsp3) is 0.800. The van der Waals surface area contributed by atoms with E-state index in [0.717, 1.165) is 0 Å². The average molecular weight is 297 g/mol. The quantitative estimate of drug-likeness (QED) is 0.317. The van der Waals surface area contributed by atoms with E-state index in [1.165, 1.54) is 0 Å². The lowest BCUT2D eigenvalue weighted by Gasteiger charge is -2.26. The predicted octanol–water partition coefficient (Wildman–Crippen LogP) is -0.258. The van der Waals surface area contributed by atoms with Gasteiger partial charge in [0, 0.05) is 12.3 Å². The summed E-state index contributed by atoms with van der Waals surface area (Å²) in [5.74, 6) is -4.25. The minimum absolute atomic E-state index is 0.206. The van der Waals surface area contributed by atoms with E-state index in [9.17, 15) is 14.0 Å². The zero-order valence-corrected chi connectivity index (χ0v) is 12.3. The summed E-state index contributed by atoms with van der Waals surface area (Å²) in [4.78, 5) is 23.3. The van der Waals surface area contributed by atoms with Crippen molar-refractivity contribution in [1.29, 1.82) is 0 Å². The first-order valence-electron chi connectivity index (χ1n) is 5.69. The molecular weight excluding hydrogens is 277 g/mol. The van der Waals surface area contributed by atoms with Crippen molar-refractivity contribution in [2.45, 2.75) is 25.7 Å². The van der Waals surface area contributed by atoms with Gasteiger partial charge in [0.2, 0.25) is 5.91 Å². The molecule has 2 atom stereocenters. The van der Waals surface area contributed by atoms with Crippen molar-refractivity contribution in [2.75, 3.05) is 24.6 Å². The van der Waals surface area contributed by atoms with Crippen LogP contribution in [0.15, 0.2) is 0 Å². The van der Waals surface area contributed by atoms with Crippen LogP contribution in [0.5, 0.6) is 0 Å². The predicted molar refractivity (Wildman–Crippen MR) is 75.8 cm³/mol. The van der Waals surface area contributed by atoms with E-state index in [2.05, 4.69) is 41.2 Å². The van der Waals surface area contributed by atoms with E-state index in [1.807, 2.05) is 6.92 Å². The SMILES string of the molecule is CCNC(=O)[C@](F)(CS)NC(=O)[C@H](CS)NCC. The third-order valence-corrected chi connectivity index (χ3v) is 2.99. The molecule has 0 unspecified atom stereocenters. The van der Waals surface area contributed by atoms with Gasteiger partial charge in [-0.05, 0) is 13.5 Å². The highest BCUT2D eigenvalue weighted by atomic mass is 32.1. The summed E-state index contributed by atoms with van der Waals surface area (Å²) in [6.45, 7) is 4.29. The van der Waals surface area contributed by atoms with Crippen LogP contribution in [0.2, 0.25) is 0 Å². The molecule has 0 heterocycles. The van der Waals surface area contributed by atoms with Crippen LogP contribution in [0.3, 0.4) is 0 Å². The number of amides is 2. The maximum absolute atomic E-state index is 14.2. The Labute approximate surface area is 117 Å². The minimum atomic E-state index is -2.51. The van der Waals surface area contributed by atoms with Gasteiger partial charge < -0.3 is 16.0 Å².